The van der Waals surface area contributed by atoms with Gasteiger partial charge < -0.3 is 4.57 Å². The van der Waals surface area contributed by atoms with Crippen LogP contribution in [0.3, 0.4) is 0 Å². The van der Waals surface area contributed by atoms with Gasteiger partial charge in [-0.2, -0.15) is 0 Å². The molecular formula is C49H29N5. The Morgan fingerprint density at radius 3 is 1.81 bits per heavy atom. The highest BCUT2D eigenvalue weighted by molar-refractivity contribution is 6.30. The first kappa shape index (κ1) is 29.2. The van der Waals surface area contributed by atoms with Crippen LogP contribution in [0, 0.1) is 0 Å². The summed E-state index contributed by atoms with van der Waals surface area (Å²) >= 11 is 0. The molecule has 1 aliphatic carbocycles. The van der Waals surface area contributed by atoms with Crippen molar-refractivity contribution in [1.82, 2.24) is 24.1 Å². The van der Waals surface area contributed by atoms with E-state index in [4.69, 9.17) is 15.1 Å². The molecule has 1 aliphatic rings. The number of fused-ring (bicyclic) bond motifs is 6. The molecule has 5 heteroatoms. The van der Waals surface area contributed by atoms with Gasteiger partial charge >= 0.3 is 0 Å². The van der Waals surface area contributed by atoms with Crippen LogP contribution in [0.1, 0.15) is 0 Å². The molecule has 8 aromatic carbocycles. The Bertz CT molecular complexity index is 3320. The Balaban J connectivity index is 1.11. The van der Waals surface area contributed by atoms with Gasteiger partial charge in [0.25, 0.3) is 0 Å². The van der Waals surface area contributed by atoms with Gasteiger partial charge in [-0.3, -0.25) is 0 Å². The number of para-hydroxylation sites is 3. The Morgan fingerprint density at radius 1 is 0.370 bits per heavy atom. The van der Waals surface area contributed by atoms with Crippen LogP contribution in [-0.2, 0) is 0 Å². The largest absolute Gasteiger partial charge is 0.308 e. The van der Waals surface area contributed by atoms with Crippen LogP contribution in [0.2, 0.25) is 0 Å². The van der Waals surface area contributed by atoms with Crippen molar-refractivity contribution in [2.24, 2.45) is 0 Å². The van der Waals surface area contributed by atoms with E-state index in [0.29, 0.717) is 5.82 Å². The fraction of sp³-hybridized carbons (Fsp3) is 0. The molecule has 0 atom stereocenters. The maximum Gasteiger partial charge on any atom is 0.184 e. The van der Waals surface area contributed by atoms with Gasteiger partial charge in [-0.05, 0) is 80.6 Å². The van der Waals surface area contributed by atoms with Crippen LogP contribution in [0.15, 0.2) is 176 Å². The molecule has 3 aromatic heterocycles. The molecule has 12 rings (SSSR count). The van der Waals surface area contributed by atoms with Crippen molar-refractivity contribution in [2.45, 2.75) is 0 Å². The molecular weight excluding hydrogens is 659 g/mol. The van der Waals surface area contributed by atoms with E-state index in [1.165, 1.54) is 49.4 Å². The minimum atomic E-state index is 0.649. The third-order valence-electron chi connectivity index (χ3n) is 11.1. The summed E-state index contributed by atoms with van der Waals surface area (Å²) in [4.78, 5) is 10.5. The van der Waals surface area contributed by atoms with Crippen LogP contribution in [0.25, 0.3) is 111 Å². The minimum absolute atomic E-state index is 0.649. The highest BCUT2D eigenvalue weighted by Gasteiger charge is 2.26. The van der Waals surface area contributed by atoms with Crippen molar-refractivity contribution >= 4 is 49.3 Å². The van der Waals surface area contributed by atoms with Crippen LogP contribution in [0.5, 0.6) is 0 Å². The lowest BCUT2D eigenvalue weighted by atomic mass is 9.93. The summed E-state index contributed by atoms with van der Waals surface area (Å²) in [6.45, 7) is 0. The summed E-state index contributed by atoms with van der Waals surface area (Å²) in [5, 5.41) is 10.3. The summed E-state index contributed by atoms with van der Waals surface area (Å²) in [6, 6.07) is 62.5. The zero-order valence-electron chi connectivity index (χ0n) is 29.0. The van der Waals surface area contributed by atoms with Gasteiger partial charge in [-0.15, -0.1) is 5.10 Å². The molecule has 0 saturated carbocycles. The van der Waals surface area contributed by atoms with Gasteiger partial charge in [0.1, 0.15) is 5.69 Å². The molecule has 0 N–H and O–H groups in total. The molecule has 0 amide bonds. The molecule has 0 spiro atoms. The SMILES string of the molecule is c1ccc(-c2ccc(-c3nc4ccccc4n4nc(-c5ccccc5-n5c6cccc7c6c6c8c(cccc8ccc65)-c5ccccc5-7)nc34)cc2)cc1. The molecule has 0 bridgehead atoms. The van der Waals surface area contributed by atoms with E-state index in [1.54, 1.807) is 0 Å². The van der Waals surface area contributed by atoms with E-state index in [9.17, 15) is 0 Å². The first-order chi connectivity index (χ1) is 26.8. The van der Waals surface area contributed by atoms with Crippen LogP contribution in [0.4, 0.5) is 0 Å². The maximum absolute atomic E-state index is 5.32. The van der Waals surface area contributed by atoms with Crippen molar-refractivity contribution in [3.05, 3.63) is 176 Å². The molecule has 0 aliphatic heterocycles. The lowest BCUT2D eigenvalue weighted by Gasteiger charge is -2.15. The minimum Gasteiger partial charge on any atom is -0.308 e. The van der Waals surface area contributed by atoms with Gasteiger partial charge in [-0.25, -0.2) is 14.5 Å². The summed E-state index contributed by atoms with van der Waals surface area (Å²) in [6.07, 6.45) is 0. The normalized spacial score (nSPS) is 12.1. The van der Waals surface area contributed by atoms with E-state index in [-0.39, 0.29) is 0 Å². The van der Waals surface area contributed by atoms with E-state index in [1.807, 2.05) is 28.8 Å². The first-order valence-corrected chi connectivity index (χ1v) is 18.3. The maximum atomic E-state index is 5.32. The Morgan fingerprint density at radius 2 is 0.981 bits per heavy atom. The Hall–Kier alpha value is -7.37. The Labute approximate surface area is 310 Å². The number of rotatable bonds is 4. The standard InChI is InChI=1S/C49H29N5/c1-2-12-30(13-3-1)31-24-26-33(27-25-31)47-49-51-48(52-54(49)41-22-9-7-20-39(41)50-47)38-17-6-8-21-40(38)53-42-23-11-19-37-35-16-5-4-15-34(35)36-18-10-14-32-28-29-43(53)46(44(32)36)45(37)42/h1-29H. The van der Waals surface area contributed by atoms with E-state index < -0.39 is 0 Å². The van der Waals surface area contributed by atoms with Crippen LogP contribution >= 0.6 is 0 Å². The second-order valence-corrected chi connectivity index (χ2v) is 14.0. The van der Waals surface area contributed by atoms with E-state index in [0.717, 1.165) is 55.8 Å². The Kier molecular flexibility index (Phi) is 5.99. The van der Waals surface area contributed by atoms with Crippen LogP contribution < -0.4 is 0 Å². The monoisotopic (exact) mass is 687 g/mol. The highest BCUT2D eigenvalue weighted by atomic mass is 15.3. The van der Waals surface area contributed by atoms with Crippen molar-refractivity contribution in [1.29, 1.82) is 0 Å². The molecule has 0 radical (unpaired) electrons. The summed E-state index contributed by atoms with van der Waals surface area (Å²) in [5.41, 5.74) is 16.0. The van der Waals surface area contributed by atoms with Crippen molar-refractivity contribution in [2.75, 3.05) is 0 Å². The molecule has 3 heterocycles. The number of hydrogen-bond acceptors (Lipinski definition) is 3. The number of hydrogen-bond donors (Lipinski definition) is 0. The van der Waals surface area contributed by atoms with E-state index >= 15 is 0 Å². The lowest BCUT2D eigenvalue weighted by molar-refractivity contribution is 0.999. The molecule has 0 saturated heterocycles. The van der Waals surface area contributed by atoms with Crippen molar-refractivity contribution in [3.63, 3.8) is 0 Å². The van der Waals surface area contributed by atoms with Gasteiger partial charge in [0.15, 0.2) is 11.5 Å². The second-order valence-electron chi connectivity index (χ2n) is 14.0. The first-order valence-electron chi connectivity index (χ1n) is 18.3. The topological polar surface area (TPSA) is 48.0 Å². The summed E-state index contributed by atoms with van der Waals surface area (Å²) in [5.74, 6) is 0.649. The van der Waals surface area contributed by atoms with Crippen molar-refractivity contribution < 1.29 is 0 Å². The lowest BCUT2D eigenvalue weighted by Crippen LogP contribution is -1.99. The zero-order valence-corrected chi connectivity index (χ0v) is 29.0. The predicted molar refractivity (Wildman–Crippen MR) is 221 cm³/mol. The average molecular weight is 688 g/mol. The van der Waals surface area contributed by atoms with Gasteiger partial charge in [0.05, 0.1) is 27.8 Å². The molecule has 0 unspecified atom stereocenters. The summed E-state index contributed by atoms with van der Waals surface area (Å²) < 4.78 is 4.38. The predicted octanol–water partition coefficient (Wildman–Crippen LogP) is 12.2. The fourth-order valence-corrected chi connectivity index (χ4v) is 8.75. The van der Waals surface area contributed by atoms with E-state index in [2.05, 4.69) is 156 Å². The molecule has 11 aromatic rings. The number of nitrogens with zero attached hydrogens (tertiary/aromatic N) is 5. The van der Waals surface area contributed by atoms with Gasteiger partial charge in [0.2, 0.25) is 0 Å². The number of benzene rings is 8. The average Bonchev–Trinajstić information content (AvgIpc) is 3.81. The van der Waals surface area contributed by atoms with Gasteiger partial charge in [0, 0.05) is 21.9 Å². The fourth-order valence-electron chi connectivity index (χ4n) is 8.75. The quantitative estimate of drug-likeness (QED) is 0.185. The number of aromatic nitrogens is 5. The third-order valence-corrected chi connectivity index (χ3v) is 11.1. The molecule has 250 valence electrons. The smallest absolute Gasteiger partial charge is 0.184 e. The third kappa shape index (κ3) is 4.06. The van der Waals surface area contributed by atoms with Crippen molar-refractivity contribution in [3.8, 4) is 61.7 Å². The molecule has 5 nitrogen and oxygen atoms in total. The summed E-state index contributed by atoms with van der Waals surface area (Å²) in [7, 11) is 0. The molecule has 54 heavy (non-hydrogen) atoms. The second kappa shape index (κ2) is 11.1. The highest BCUT2D eigenvalue weighted by Crippen LogP contribution is 2.50. The zero-order chi connectivity index (χ0) is 35.3. The van der Waals surface area contributed by atoms with Crippen LogP contribution in [-0.4, -0.2) is 24.1 Å². The van der Waals surface area contributed by atoms with Gasteiger partial charge in [-0.1, -0.05) is 140 Å². The molecule has 0 fully saturated rings.